The number of hydrogen-bond donors (Lipinski definition) is 0. The molecule has 0 bridgehead atoms. The third-order valence-corrected chi connectivity index (χ3v) is 7.38. The summed E-state index contributed by atoms with van der Waals surface area (Å²) in [7, 11) is 1.46. The van der Waals surface area contributed by atoms with E-state index in [-0.39, 0.29) is 17.9 Å². The molecule has 0 radical (unpaired) electrons. The number of esters is 2. The second kappa shape index (κ2) is 7.82. The highest BCUT2D eigenvalue weighted by Gasteiger charge is 2.60. The van der Waals surface area contributed by atoms with Gasteiger partial charge in [-0.2, -0.15) is 0 Å². The van der Waals surface area contributed by atoms with E-state index in [4.69, 9.17) is 14.5 Å². The average Bonchev–Trinajstić information content (AvgIpc) is 3.04. The zero-order valence-electron chi connectivity index (χ0n) is 17.6. The molecule has 2 saturated carbocycles. The van der Waals surface area contributed by atoms with E-state index >= 15 is 0 Å². The number of thioether (sulfide) groups is 1. The van der Waals surface area contributed by atoms with Gasteiger partial charge < -0.3 is 14.4 Å². The summed E-state index contributed by atoms with van der Waals surface area (Å²) >= 11 is 1.71. The number of nitrogens with zero attached hydrogens (tertiary/aromatic N) is 2. The molecule has 158 valence electrons. The van der Waals surface area contributed by atoms with Gasteiger partial charge in [-0.05, 0) is 57.6 Å². The van der Waals surface area contributed by atoms with Crippen LogP contribution in [0.3, 0.4) is 0 Å². The van der Waals surface area contributed by atoms with Gasteiger partial charge in [0, 0.05) is 18.3 Å². The zero-order valence-corrected chi connectivity index (χ0v) is 18.5. The first-order valence-corrected chi connectivity index (χ1v) is 11.4. The number of ether oxygens (including phenoxy) is 2. The molecule has 3 aliphatic rings. The molecule has 0 spiro atoms. The van der Waals surface area contributed by atoms with Crippen LogP contribution in [0, 0.1) is 17.8 Å². The molecule has 0 aromatic carbocycles. The second-order valence-electron chi connectivity index (χ2n) is 9.33. The van der Waals surface area contributed by atoms with Crippen LogP contribution in [0.15, 0.2) is 17.2 Å². The van der Waals surface area contributed by atoms with Crippen molar-refractivity contribution in [3.63, 3.8) is 0 Å². The Morgan fingerprint density at radius 3 is 2.38 bits per heavy atom. The topological polar surface area (TPSA) is 68.7 Å². The van der Waals surface area contributed by atoms with Crippen LogP contribution in [-0.4, -0.2) is 48.0 Å². The molecule has 1 aliphatic heterocycles. The van der Waals surface area contributed by atoms with E-state index in [2.05, 4.69) is 4.90 Å². The Morgan fingerprint density at radius 1 is 1.14 bits per heavy atom. The Bertz CT molecular complexity index is 788. The summed E-state index contributed by atoms with van der Waals surface area (Å²) in [6.45, 7) is 7.27. The van der Waals surface area contributed by atoms with E-state index < -0.39 is 5.60 Å². The summed E-state index contributed by atoms with van der Waals surface area (Å²) in [5.74, 6) is 1.25. The summed E-state index contributed by atoms with van der Waals surface area (Å²) in [6.07, 6.45) is 4.81. The first-order chi connectivity index (χ1) is 13.8. The van der Waals surface area contributed by atoms with Crippen LogP contribution in [0.2, 0.25) is 0 Å². The molecular formula is C22H30N2O4S. The molecule has 1 aromatic heterocycles. The van der Waals surface area contributed by atoms with Gasteiger partial charge in [0.05, 0.1) is 18.6 Å². The first kappa shape index (κ1) is 20.5. The largest absolute Gasteiger partial charge is 0.469 e. The fourth-order valence-corrected chi connectivity index (χ4v) is 5.86. The Balaban J connectivity index is 1.52. The number of hydrogen-bond acceptors (Lipinski definition) is 7. The van der Waals surface area contributed by atoms with E-state index in [1.54, 1.807) is 11.8 Å². The lowest BCUT2D eigenvalue weighted by molar-refractivity contribution is -0.142. The third kappa shape index (κ3) is 4.39. The summed E-state index contributed by atoms with van der Waals surface area (Å²) in [5.41, 5.74) is 0.0156. The summed E-state index contributed by atoms with van der Waals surface area (Å²) < 4.78 is 10.5. The maximum absolute atomic E-state index is 12.8. The van der Waals surface area contributed by atoms with Gasteiger partial charge in [-0.25, -0.2) is 9.78 Å². The van der Waals surface area contributed by atoms with E-state index in [1.165, 1.54) is 32.8 Å². The highest BCUT2D eigenvalue weighted by Crippen LogP contribution is 2.53. The van der Waals surface area contributed by atoms with Crippen molar-refractivity contribution in [1.29, 1.82) is 0 Å². The summed E-state index contributed by atoms with van der Waals surface area (Å²) in [5, 5.41) is 1.28. The van der Waals surface area contributed by atoms with E-state index in [9.17, 15) is 9.59 Å². The number of aromatic nitrogens is 1. The lowest BCUT2D eigenvalue weighted by atomic mass is 10.2. The summed E-state index contributed by atoms with van der Waals surface area (Å²) in [6, 6.07) is 3.77. The predicted octanol–water partition coefficient (Wildman–Crippen LogP) is 3.93. The molecule has 3 fully saturated rings. The van der Waals surface area contributed by atoms with Crippen molar-refractivity contribution in [2.24, 2.45) is 17.8 Å². The number of methoxy groups -OCH3 is 1. The third-order valence-electron chi connectivity index (χ3n) is 6.04. The fraction of sp³-hybridized carbons (Fsp3) is 0.682. The fourth-order valence-electron chi connectivity index (χ4n) is 4.55. The monoisotopic (exact) mass is 418 g/mol. The maximum atomic E-state index is 12.8. The number of fused-ring (bicyclic) bond motifs is 1. The van der Waals surface area contributed by atoms with Gasteiger partial charge in [-0.15, -0.1) is 11.8 Å². The van der Waals surface area contributed by atoms with Crippen molar-refractivity contribution in [2.45, 2.75) is 62.3 Å². The van der Waals surface area contributed by atoms with Gasteiger partial charge in [-0.1, -0.05) is 12.8 Å². The number of piperidine rings is 1. The van der Waals surface area contributed by atoms with Crippen LogP contribution < -0.4 is 4.90 Å². The molecule has 0 N–H and O–H groups in total. The predicted molar refractivity (Wildman–Crippen MR) is 112 cm³/mol. The molecular weight excluding hydrogens is 388 g/mol. The number of rotatable bonds is 5. The Kier molecular flexibility index (Phi) is 5.53. The molecule has 7 heteroatoms. The first-order valence-electron chi connectivity index (χ1n) is 10.5. The van der Waals surface area contributed by atoms with Crippen LogP contribution in [0.4, 0.5) is 5.82 Å². The minimum atomic E-state index is -0.538. The lowest BCUT2D eigenvalue weighted by Gasteiger charge is -2.24. The Labute approximate surface area is 176 Å². The van der Waals surface area contributed by atoms with Gasteiger partial charge in [-0.3, -0.25) is 4.79 Å². The van der Waals surface area contributed by atoms with Crippen molar-refractivity contribution < 1.29 is 19.1 Å². The molecule has 2 aliphatic carbocycles. The van der Waals surface area contributed by atoms with Crippen LogP contribution >= 0.6 is 11.8 Å². The van der Waals surface area contributed by atoms with Gasteiger partial charge in [0.25, 0.3) is 0 Å². The number of carbonyl (C=O) groups is 2. The normalized spacial score (nSPS) is 26.3. The van der Waals surface area contributed by atoms with Crippen LogP contribution in [0.25, 0.3) is 0 Å². The van der Waals surface area contributed by atoms with Crippen molar-refractivity contribution in [2.75, 3.05) is 25.1 Å². The zero-order chi connectivity index (χ0) is 20.8. The molecule has 3 atom stereocenters. The Morgan fingerprint density at radius 2 is 1.79 bits per heavy atom. The Hall–Kier alpha value is -1.76. The van der Waals surface area contributed by atoms with E-state index in [0.717, 1.165) is 23.9 Å². The van der Waals surface area contributed by atoms with Gasteiger partial charge >= 0.3 is 11.9 Å². The smallest absolute Gasteiger partial charge is 0.341 e. The van der Waals surface area contributed by atoms with Gasteiger partial charge in [0.1, 0.15) is 16.4 Å². The molecule has 0 unspecified atom stereocenters. The average molecular weight is 419 g/mol. The highest BCUT2D eigenvalue weighted by atomic mass is 32.2. The quantitative estimate of drug-likeness (QED) is 0.671. The minimum Gasteiger partial charge on any atom is -0.469 e. The van der Waals surface area contributed by atoms with E-state index in [0.29, 0.717) is 22.6 Å². The SMILES string of the molecule is COC(=O)[C@H]1[C@@H]2CN(c3ccc(C(=O)OC(C)(C)C)c(SC4CCCC4)n3)C[C@@H]21. The second-order valence-corrected chi connectivity index (χ2v) is 10.6. The summed E-state index contributed by atoms with van der Waals surface area (Å²) in [4.78, 5) is 31.7. The maximum Gasteiger partial charge on any atom is 0.341 e. The molecule has 1 aromatic rings. The van der Waals surface area contributed by atoms with Gasteiger partial charge in [0.2, 0.25) is 0 Å². The standard InChI is InChI=1S/C22H30N2O4S/c1-22(2,3)28-20(25)14-9-10-17(23-19(14)29-13-7-5-6-8-13)24-11-15-16(12-24)18(15)21(26)27-4/h9-10,13,15-16,18H,5-8,11-12H2,1-4H3/t15-,16+,18+. The highest BCUT2D eigenvalue weighted by molar-refractivity contribution is 7.99. The lowest BCUT2D eigenvalue weighted by Crippen LogP contribution is -2.28. The number of anilines is 1. The van der Waals surface area contributed by atoms with Crippen molar-refractivity contribution in [3.8, 4) is 0 Å². The van der Waals surface area contributed by atoms with Crippen LogP contribution in [0.1, 0.15) is 56.8 Å². The number of pyridine rings is 1. The molecule has 1 saturated heterocycles. The van der Waals surface area contributed by atoms with Crippen molar-refractivity contribution in [1.82, 2.24) is 4.98 Å². The van der Waals surface area contributed by atoms with Gasteiger partial charge in [0.15, 0.2) is 0 Å². The number of carbonyl (C=O) groups excluding carboxylic acids is 2. The molecule has 6 nitrogen and oxygen atoms in total. The van der Waals surface area contributed by atoms with Crippen molar-refractivity contribution in [3.05, 3.63) is 17.7 Å². The van der Waals surface area contributed by atoms with E-state index in [1.807, 2.05) is 32.9 Å². The minimum absolute atomic E-state index is 0.0459. The molecule has 29 heavy (non-hydrogen) atoms. The molecule has 0 amide bonds. The molecule has 2 heterocycles. The molecule has 4 rings (SSSR count). The van der Waals surface area contributed by atoms with Crippen LogP contribution in [0.5, 0.6) is 0 Å². The van der Waals surface area contributed by atoms with Crippen molar-refractivity contribution >= 4 is 29.5 Å². The van der Waals surface area contributed by atoms with Crippen LogP contribution in [-0.2, 0) is 14.3 Å².